The van der Waals surface area contributed by atoms with Gasteiger partial charge >= 0.3 is 0 Å². The first-order chi connectivity index (χ1) is 13.1. The molecular formula is C22H22N2O2S. The summed E-state index contributed by atoms with van der Waals surface area (Å²) in [6.07, 6.45) is 2.17. The van der Waals surface area contributed by atoms with E-state index in [1.54, 1.807) is 35.6 Å². The molecule has 0 bridgehead atoms. The molecule has 3 rings (SSSR count). The van der Waals surface area contributed by atoms with Crippen LogP contribution >= 0.6 is 11.3 Å². The van der Waals surface area contributed by atoms with Crippen molar-refractivity contribution in [3.63, 3.8) is 0 Å². The quantitative estimate of drug-likeness (QED) is 0.588. The number of amides is 2. The summed E-state index contributed by atoms with van der Waals surface area (Å²) in [6, 6.07) is 18.7. The molecule has 5 heteroatoms. The highest BCUT2D eigenvalue weighted by Gasteiger charge is 2.09. The van der Waals surface area contributed by atoms with Gasteiger partial charge in [-0.25, -0.2) is 0 Å². The van der Waals surface area contributed by atoms with Crippen LogP contribution in [-0.2, 0) is 11.2 Å². The Hall–Kier alpha value is -2.92. The number of aryl methyl sites for hydroxylation is 2. The van der Waals surface area contributed by atoms with Gasteiger partial charge in [0.25, 0.3) is 5.91 Å². The molecule has 0 aliphatic heterocycles. The Morgan fingerprint density at radius 3 is 2.48 bits per heavy atom. The second-order valence-electron chi connectivity index (χ2n) is 6.38. The Labute approximate surface area is 163 Å². The van der Waals surface area contributed by atoms with Gasteiger partial charge in [0.1, 0.15) is 0 Å². The molecular weight excluding hydrogens is 356 g/mol. The van der Waals surface area contributed by atoms with Crippen molar-refractivity contribution in [2.45, 2.75) is 26.2 Å². The molecule has 0 radical (unpaired) electrons. The Bertz CT molecular complexity index is 902. The van der Waals surface area contributed by atoms with Crippen molar-refractivity contribution in [1.82, 2.24) is 0 Å². The fraction of sp³-hybridized carbons (Fsp3) is 0.182. The summed E-state index contributed by atoms with van der Waals surface area (Å²) in [7, 11) is 0. The molecule has 1 aromatic heterocycles. The van der Waals surface area contributed by atoms with Crippen molar-refractivity contribution in [1.29, 1.82) is 0 Å². The minimum Gasteiger partial charge on any atom is -0.326 e. The number of benzene rings is 2. The summed E-state index contributed by atoms with van der Waals surface area (Å²) >= 11 is 1.71. The highest BCUT2D eigenvalue weighted by atomic mass is 32.1. The van der Waals surface area contributed by atoms with E-state index in [2.05, 4.69) is 16.7 Å². The van der Waals surface area contributed by atoms with E-state index in [0.717, 1.165) is 24.1 Å². The molecule has 3 aromatic rings. The fourth-order valence-electron chi connectivity index (χ4n) is 2.68. The van der Waals surface area contributed by atoms with E-state index in [-0.39, 0.29) is 11.8 Å². The Morgan fingerprint density at radius 2 is 1.74 bits per heavy atom. The van der Waals surface area contributed by atoms with Crippen molar-refractivity contribution in [3.8, 4) is 0 Å². The van der Waals surface area contributed by atoms with Crippen molar-refractivity contribution in [2.75, 3.05) is 10.6 Å². The molecule has 0 saturated carbocycles. The molecule has 2 N–H and O–H groups in total. The Kier molecular flexibility index (Phi) is 6.39. The number of rotatable bonds is 7. The van der Waals surface area contributed by atoms with Gasteiger partial charge in [0.05, 0.1) is 0 Å². The SMILES string of the molecule is Cc1ccc(NC(=O)c2cccc(NC(=O)CCCc3cccs3)c2)cc1. The predicted molar refractivity (Wildman–Crippen MR) is 111 cm³/mol. The lowest BCUT2D eigenvalue weighted by Gasteiger charge is -2.09. The summed E-state index contributed by atoms with van der Waals surface area (Å²) in [5, 5.41) is 7.78. The second kappa shape index (κ2) is 9.14. The zero-order valence-electron chi connectivity index (χ0n) is 15.2. The van der Waals surface area contributed by atoms with Crippen molar-refractivity contribution >= 4 is 34.5 Å². The van der Waals surface area contributed by atoms with Gasteiger partial charge in [-0.15, -0.1) is 11.3 Å². The maximum Gasteiger partial charge on any atom is 0.255 e. The normalized spacial score (nSPS) is 10.4. The monoisotopic (exact) mass is 378 g/mol. The van der Waals surface area contributed by atoms with Crippen LogP contribution in [0.4, 0.5) is 11.4 Å². The standard InChI is InChI=1S/C22H22N2O2S/c1-16-10-12-18(13-11-16)24-22(26)17-5-2-6-19(15-17)23-21(25)9-3-7-20-8-4-14-27-20/h2,4-6,8,10-15H,3,7,9H2,1H3,(H,23,25)(H,24,26). The highest BCUT2D eigenvalue weighted by molar-refractivity contribution is 7.09. The molecule has 138 valence electrons. The molecule has 27 heavy (non-hydrogen) atoms. The average Bonchev–Trinajstić information content (AvgIpc) is 3.17. The van der Waals surface area contributed by atoms with Gasteiger partial charge in [0, 0.05) is 28.2 Å². The van der Waals surface area contributed by atoms with E-state index in [4.69, 9.17) is 0 Å². The smallest absolute Gasteiger partial charge is 0.255 e. The first-order valence-corrected chi connectivity index (χ1v) is 9.78. The number of carbonyl (C=O) groups is 2. The lowest BCUT2D eigenvalue weighted by atomic mass is 10.1. The lowest BCUT2D eigenvalue weighted by molar-refractivity contribution is -0.116. The van der Waals surface area contributed by atoms with Crippen LogP contribution in [-0.4, -0.2) is 11.8 Å². The topological polar surface area (TPSA) is 58.2 Å². The Balaban J connectivity index is 1.53. The molecule has 0 atom stereocenters. The minimum absolute atomic E-state index is 0.0392. The van der Waals surface area contributed by atoms with Crippen molar-refractivity contribution < 1.29 is 9.59 Å². The van der Waals surface area contributed by atoms with Crippen LogP contribution in [0.15, 0.2) is 66.0 Å². The maximum atomic E-state index is 12.4. The number of thiophene rings is 1. The maximum absolute atomic E-state index is 12.4. The number of hydrogen-bond acceptors (Lipinski definition) is 3. The van der Waals surface area contributed by atoms with Crippen LogP contribution in [0, 0.1) is 6.92 Å². The van der Waals surface area contributed by atoms with Gasteiger partial charge in [-0.3, -0.25) is 9.59 Å². The van der Waals surface area contributed by atoms with Gasteiger partial charge in [-0.05, 0) is 61.5 Å². The van der Waals surface area contributed by atoms with Gasteiger partial charge in [0.2, 0.25) is 5.91 Å². The number of hydrogen-bond donors (Lipinski definition) is 2. The molecule has 0 saturated heterocycles. The number of anilines is 2. The summed E-state index contributed by atoms with van der Waals surface area (Å²) in [5.41, 5.74) is 3.02. The number of carbonyl (C=O) groups excluding carboxylic acids is 2. The summed E-state index contributed by atoms with van der Waals surface area (Å²) < 4.78 is 0. The first kappa shape index (κ1) is 18.9. The van der Waals surface area contributed by atoms with E-state index in [0.29, 0.717) is 17.7 Å². The first-order valence-electron chi connectivity index (χ1n) is 8.90. The van der Waals surface area contributed by atoms with E-state index in [9.17, 15) is 9.59 Å². The molecule has 4 nitrogen and oxygen atoms in total. The van der Waals surface area contributed by atoms with Crippen LogP contribution in [0.5, 0.6) is 0 Å². The molecule has 0 fully saturated rings. The number of nitrogens with one attached hydrogen (secondary N) is 2. The zero-order chi connectivity index (χ0) is 19.1. The third-order valence-corrected chi connectivity index (χ3v) is 5.06. The van der Waals surface area contributed by atoms with E-state index < -0.39 is 0 Å². The van der Waals surface area contributed by atoms with Crippen LogP contribution in [0.2, 0.25) is 0 Å². The summed E-state index contributed by atoms with van der Waals surface area (Å²) in [6.45, 7) is 2.00. The predicted octanol–water partition coefficient (Wildman–Crippen LogP) is 5.27. The molecule has 2 aromatic carbocycles. The summed E-state index contributed by atoms with van der Waals surface area (Å²) in [5.74, 6) is -0.240. The highest BCUT2D eigenvalue weighted by Crippen LogP contribution is 2.16. The van der Waals surface area contributed by atoms with Crippen LogP contribution in [0.25, 0.3) is 0 Å². The van der Waals surface area contributed by atoms with Crippen LogP contribution in [0.3, 0.4) is 0 Å². The van der Waals surface area contributed by atoms with Crippen molar-refractivity contribution in [3.05, 3.63) is 82.0 Å². The van der Waals surface area contributed by atoms with Crippen molar-refractivity contribution in [2.24, 2.45) is 0 Å². The third-order valence-electron chi connectivity index (χ3n) is 4.13. The van der Waals surface area contributed by atoms with Gasteiger partial charge in [0.15, 0.2) is 0 Å². The minimum atomic E-state index is -0.201. The van der Waals surface area contributed by atoms with Gasteiger partial charge in [-0.1, -0.05) is 29.8 Å². The van der Waals surface area contributed by atoms with Gasteiger partial charge < -0.3 is 10.6 Å². The zero-order valence-corrected chi connectivity index (χ0v) is 16.0. The molecule has 0 spiro atoms. The third kappa shape index (κ3) is 5.79. The molecule has 1 heterocycles. The average molecular weight is 378 g/mol. The Morgan fingerprint density at radius 1 is 0.926 bits per heavy atom. The molecule has 0 unspecified atom stereocenters. The van der Waals surface area contributed by atoms with Gasteiger partial charge in [-0.2, -0.15) is 0 Å². The second-order valence-corrected chi connectivity index (χ2v) is 7.41. The molecule has 0 aliphatic carbocycles. The van der Waals surface area contributed by atoms with E-state index in [1.807, 2.05) is 42.6 Å². The molecule has 0 aliphatic rings. The summed E-state index contributed by atoms with van der Waals surface area (Å²) in [4.78, 5) is 25.8. The van der Waals surface area contributed by atoms with E-state index >= 15 is 0 Å². The van der Waals surface area contributed by atoms with E-state index in [1.165, 1.54) is 4.88 Å². The van der Waals surface area contributed by atoms with Crippen LogP contribution < -0.4 is 10.6 Å². The fourth-order valence-corrected chi connectivity index (χ4v) is 3.43. The lowest BCUT2D eigenvalue weighted by Crippen LogP contribution is -2.14. The molecule has 2 amide bonds. The van der Waals surface area contributed by atoms with Crippen LogP contribution in [0.1, 0.15) is 33.6 Å². The largest absolute Gasteiger partial charge is 0.326 e.